The molecule has 0 aliphatic heterocycles. The van der Waals surface area contributed by atoms with E-state index >= 15 is 0 Å². The Morgan fingerprint density at radius 1 is 1.30 bits per heavy atom. The van der Waals surface area contributed by atoms with Crippen molar-refractivity contribution in [3.05, 3.63) is 29.3 Å². The lowest BCUT2D eigenvalue weighted by molar-refractivity contribution is 0.0891. The quantitative estimate of drug-likeness (QED) is 0.869. The number of benzene rings is 1. The van der Waals surface area contributed by atoms with Crippen molar-refractivity contribution < 1.29 is 22.0 Å². The lowest BCUT2D eigenvalue weighted by Gasteiger charge is -2.33. The third-order valence-electron chi connectivity index (χ3n) is 3.24. The molecule has 2 rings (SSSR count). The van der Waals surface area contributed by atoms with Crippen LogP contribution in [-0.4, -0.2) is 20.4 Å². The van der Waals surface area contributed by atoms with E-state index < -0.39 is 37.1 Å². The molecular formula is C12H12ClF2NO3S. The first-order valence-corrected chi connectivity index (χ1v) is 8.24. The molecule has 1 aliphatic carbocycles. The molecule has 0 saturated heterocycles. The molecule has 8 heteroatoms. The van der Waals surface area contributed by atoms with E-state index in [2.05, 4.69) is 5.32 Å². The number of rotatable bonds is 3. The summed E-state index contributed by atoms with van der Waals surface area (Å²) in [4.78, 5) is 10.9. The summed E-state index contributed by atoms with van der Waals surface area (Å²) >= 11 is 0. The van der Waals surface area contributed by atoms with Crippen LogP contribution in [0.3, 0.4) is 0 Å². The van der Waals surface area contributed by atoms with Crippen molar-refractivity contribution in [1.29, 1.82) is 0 Å². The van der Waals surface area contributed by atoms with Gasteiger partial charge in [-0.25, -0.2) is 17.2 Å². The highest BCUT2D eigenvalue weighted by Gasteiger charge is 2.29. The van der Waals surface area contributed by atoms with Crippen LogP contribution < -0.4 is 5.32 Å². The van der Waals surface area contributed by atoms with E-state index in [0.29, 0.717) is 18.1 Å². The van der Waals surface area contributed by atoms with Crippen LogP contribution in [0.2, 0.25) is 0 Å². The van der Waals surface area contributed by atoms with Gasteiger partial charge in [0.05, 0.1) is 5.56 Å². The molecule has 0 aromatic heterocycles. The topological polar surface area (TPSA) is 63.2 Å². The largest absolute Gasteiger partial charge is 0.349 e. The van der Waals surface area contributed by atoms with E-state index in [9.17, 15) is 22.0 Å². The fourth-order valence-electron chi connectivity index (χ4n) is 2.17. The van der Waals surface area contributed by atoms with Crippen LogP contribution >= 0.6 is 10.7 Å². The molecule has 1 fully saturated rings. The van der Waals surface area contributed by atoms with Gasteiger partial charge in [-0.3, -0.25) is 4.79 Å². The maximum Gasteiger partial charge on any atom is 0.264 e. The second-order valence-electron chi connectivity index (χ2n) is 4.95. The monoisotopic (exact) mass is 323 g/mol. The Hall–Kier alpha value is -1.21. The average Bonchev–Trinajstić information content (AvgIpc) is 2.24. The average molecular weight is 324 g/mol. The smallest absolute Gasteiger partial charge is 0.264 e. The molecule has 1 aliphatic rings. The molecule has 110 valence electrons. The lowest BCUT2D eigenvalue weighted by Crippen LogP contribution is -2.43. The minimum atomic E-state index is -4.38. The SMILES string of the molecule is CC1CC(NC(=O)c2cc(S(=O)(=O)Cl)c(F)cc2F)C1. The van der Waals surface area contributed by atoms with Crippen molar-refractivity contribution in [3.63, 3.8) is 0 Å². The molecule has 1 saturated carbocycles. The van der Waals surface area contributed by atoms with Gasteiger partial charge >= 0.3 is 0 Å². The molecule has 1 aromatic carbocycles. The van der Waals surface area contributed by atoms with Crippen molar-refractivity contribution in [2.75, 3.05) is 0 Å². The first-order valence-electron chi connectivity index (χ1n) is 5.93. The summed E-state index contributed by atoms with van der Waals surface area (Å²) in [5.41, 5.74) is -0.537. The first-order chi connectivity index (χ1) is 9.18. The predicted octanol–water partition coefficient (Wildman–Crippen LogP) is 2.42. The van der Waals surface area contributed by atoms with E-state index in [0.717, 1.165) is 12.8 Å². The summed E-state index contributed by atoms with van der Waals surface area (Å²) in [6, 6.07) is 0.885. The van der Waals surface area contributed by atoms with Gasteiger partial charge in [0.25, 0.3) is 15.0 Å². The van der Waals surface area contributed by atoms with E-state index in [1.54, 1.807) is 0 Å². The Morgan fingerprint density at radius 3 is 2.40 bits per heavy atom. The van der Waals surface area contributed by atoms with E-state index in [4.69, 9.17) is 10.7 Å². The fourth-order valence-corrected chi connectivity index (χ4v) is 3.08. The zero-order chi connectivity index (χ0) is 15.1. The summed E-state index contributed by atoms with van der Waals surface area (Å²) in [7, 11) is 0.650. The summed E-state index contributed by atoms with van der Waals surface area (Å²) in [6.07, 6.45) is 1.55. The molecule has 0 bridgehead atoms. The number of carbonyl (C=O) groups excluding carboxylic acids is 1. The van der Waals surface area contributed by atoms with Gasteiger partial charge in [0.1, 0.15) is 16.5 Å². The number of amides is 1. The van der Waals surface area contributed by atoms with Crippen LogP contribution in [0.1, 0.15) is 30.1 Å². The first kappa shape index (κ1) is 15.2. The number of carbonyl (C=O) groups is 1. The van der Waals surface area contributed by atoms with Crippen molar-refractivity contribution in [3.8, 4) is 0 Å². The van der Waals surface area contributed by atoms with Crippen LogP contribution in [0.5, 0.6) is 0 Å². The third kappa shape index (κ3) is 3.09. The number of halogens is 3. The van der Waals surface area contributed by atoms with E-state index in [1.807, 2.05) is 6.92 Å². The highest BCUT2D eigenvalue weighted by atomic mass is 35.7. The minimum absolute atomic E-state index is 0.0713. The lowest BCUT2D eigenvalue weighted by atomic mass is 9.82. The van der Waals surface area contributed by atoms with Crippen LogP contribution in [-0.2, 0) is 9.05 Å². The van der Waals surface area contributed by atoms with Gasteiger partial charge in [-0.1, -0.05) is 6.92 Å². The van der Waals surface area contributed by atoms with Gasteiger partial charge in [0.2, 0.25) is 0 Å². The maximum atomic E-state index is 13.6. The van der Waals surface area contributed by atoms with Gasteiger partial charge in [0, 0.05) is 22.8 Å². The van der Waals surface area contributed by atoms with Crippen molar-refractivity contribution in [1.82, 2.24) is 5.32 Å². The normalized spacial score (nSPS) is 22.2. The third-order valence-corrected chi connectivity index (χ3v) is 4.57. The van der Waals surface area contributed by atoms with Gasteiger partial charge in [-0.15, -0.1) is 0 Å². The second kappa shape index (κ2) is 5.29. The Labute approximate surface area is 119 Å². The molecule has 0 radical (unpaired) electrons. The highest BCUT2D eigenvalue weighted by molar-refractivity contribution is 8.13. The molecule has 1 aromatic rings. The molecule has 0 unspecified atom stereocenters. The van der Waals surface area contributed by atoms with Gasteiger partial charge in [-0.05, 0) is 24.8 Å². The Bertz CT molecular complexity index is 657. The van der Waals surface area contributed by atoms with Gasteiger partial charge in [-0.2, -0.15) is 0 Å². The van der Waals surface area contributed by atoms with Crippen molar-refractivity contribution in [2.45, 2.75) is 30.7 Å². The van der Waals surface area contributed by atoms with Crippen molar-refractivity contribution in [2.24, 2.45) is 5.92 Å². The molecule has 20 heavy (non-hydrogen) atoms. The zero-order valence-electron chi connectivity index (χ0n) is 10.5. The summed E-state index contributed by atoms with van der Waals surface area (Å²) in [5.74, 6) is -2.75. The Balaban J connectivity index is 2.29. The molecule has 4 nitrogen and oxygen atoms in total. The number of nitrogens with one attached hydrogen (secondary N) is 1. The molecule has 1 amide bonds. The van der Waals surface area contributed by atoms with E-state index in [1.165, 1.54) is 0 Å². The Kier molecular flexibility index (Phi) is 4.02. The second-order valence-corrected chi connectivity index (χ2v) is 7.48. The summed E-state index contributed by atoms with van der Waals surface area (Å²) in [5, 5.41) is 2.56. The predicted molar refractivity (Wildman–Crippen MR) is 69.0 cm³/mol. The highest BCUT2D eigenvalue weighted by Crippen LogP contribution is 2.27. The number of hydrogen-bond donors (Lipinski definition) is 1. The zero-order valence-corrected chi connectivity index (χ0v) is 12.1. The minimum Gasteiger partial charge on any atom is -0.349 e. The molecule has 0 atom stereocenters. The van der Waals surface area contributed by atoms with Crippen LogP contribution in [0.15, 0.2) is 17.0 Å². The molecule has 0 spiro atoms. The number of hydrogen-bond acceptors (Lipinski definition) is 3. The van der Waals surface area contributed by atoms with Crippen molar-refractivity contribution >= 4 is 25.6 Å². The van der Waals surface area contributed by atoms with Crippen LogP contribution in [0.25, 0.3) is 0 Å². The maximum absolute atomic E-state index is 13.6. The van der Waals surface area contributed by atoms with E-state index in [-0.39, 0.29) is 6.04 Å². The van der Waals surface area contributed by atoms with Crippen LogP contribution in [0.4, 0.5) is 8.78 Å². The fraction of sp³-hybridized carbons (Fsp3) is 0.417. The van der Waals surface area contributed by atoms with Gasteiger partial charge < -0.3 is 5.32 Å². The molecule has 1 N–H and O–H groups in total. The van der Waals surface area contributed by atoms with Crippen LogP contribution in [0, 0.1) is 17.6 Å². The summed E-state index contributed by atoms with van der Waals surface area (Å²) < 4.78 is 49.2. The summed E-state index contributed by atoms with van der Waals surface area (Å²) in [6.45, 7) is 2.01. The Morgan fingerprint density at radius 2 is 1.90 bits per heavy atom. The van der Waals surface area contributed by atoms with Gasteiger partial charge in [0.15, 0.2) is 0 Å². The standard InChI is InChI=1S/C12H12ClF2NO3S/c1-6-2-7(3-6)16-12(17)8-4-11(20(13,18)19)10(15)5-9(8)14/h4-7H,2-3H2,1H3,(H,16,17). The molecular weight excluding hydrogens is 312 g/mol. The molecule has 0 heterocycles.